The Morgan fingerprint density at radius 2 is 0.872 bits per heavy atom. The zero-order chi connectivity index (χ0) is 31.2. The van der Waals surface area contributed by atoms with E-state index in [0.29, 0.717) is 0 Å². The third-order valence-corrected chi connectivity index (χ3v) is 9.41. The standard InChI is InChI=1S/C46H31N/c1-2-13-33(14-3-1)40-17-10-11-21-45(40)47(39-29-24-32-12-4-5-16-36(32)30-39)38-27-25-35(26-28-38)44-31-37-23-22-34-15-6-7-18-41(34)46(37)43-20-9-8-19-42(43)44/h1-31H. The van der Waals surface area contributed by atoms with Crippen molar-refractivity contribution in [1.29, 1.82) is 0 Å². The van der Waals surface area contributed by atoms with Crippen LogP contribution in [0, 0.1) is 0 Å². The van der Waals surface area contributed by atoms with E-state index in [1.165, 1.54) is 65.3 Å². The second kappa shape index (κ2) is 11.3. The van der Waals surface area contributed by atoms with Crippen LogP contribution in [-0.4, -0.2) is 0 Å². The van der Waals surface area contributed by atoms with Gasteiger partial charge in [-0.1, -0.05) is 152 Å². The van der Waals surface area contributed by atoms with Crippen LogP contribution in [0.25, 0.3) is 65.3 Å². The van der Waals surface area contributed by atoms with Crippen molar-refractivity contribution in [2.24, 2.45) is 0 Å². The van der Waals surface area contributed by atoms with Crippen molar-refractivity contribution in [3.63, 3.8) is 0 Å². The molecule has 0 N–H and O–H groups in total. The zero-order valence-electron chi connectivity index (χ0n) is 25.8. The minimum absolute atomic E-state index is 1.11. The first-order valence-electron chi connectivity index (χ1n) is 16.2. The fourth-order valence-corrected chi connectivity index (χ4v) is 7.18. The molecule has 9 rings (SSSR count). The maximum absolute atomic E-state index is 2.39. The van der Waals surface area contributed by atoms with Gasteiger partial charge in [0, 0.05) is 16.9 Å². The third kappa shape index (κ3) is 4.72. The van der Waals surface area contributed by atoms with E-state index in [1.807, 2.05) is 0 Å². The summed E-state index contributed by atoms with van der Waals surface area (Å²) in [5.74, 6) is 0. The molecule has 0 amide bonds. The Hall–Kier alpha value is -6.18. The first kappa shape index (κ1) is 27.2. The summed E-state index contributed by atoms with van der Waals surface area (Å²) < 4.78 is 0. The van der Waals surface area contributed by atoms with Crippen LogP contribution in [0.3, 0.4) is 0 Å². The molecule has 47 heavy (non-hydrogen) atoms. The summed E-state index contributed by atoms with van der Waals surface area (Å²) in [7, 11) is 0. The Labute approximate surface area is 274 Å². The van der Waals surface area contributed by atoms with Crippen molar-refractivity contribution in [3.05, 3.63) is 188 Å². The largest absolute Gasteiger partial charge is 0.310 e. The molecule has 0 atom stereocenters. The lowest BCUT2D eigenvalue weighted by atomic mass is 9.90. The molecule has 0 bridgehead atoms. The summed E-state index contributed by atoms with van der Waals surface area (Å²) in [6.07, 6.45) is 0. The normalized spacial score (nSPS) is 11.4. The Morgan fingerprint density at radius 1 is 0.298 bits per heavy atom. The number of fused-ring (bicyclic) bond motifs is 6. The molecule has 1 nitrogen and oxygen atoms in total. The fraction of sp³-hybridized carbons (Fsp3) is 0. The number of benzene rings is 9. The van der Waals surface area contributed by atoms with Crippen molar-refractivity contribution in [2.75, 3.05) is 4.90 Å². The minimum atomic E-state index is 1.11. The monoisotopic (exact) mass is 597 g/mol. The highest BCUT2D eigenvalue weighted by molar-refractivity contribution is 6.23. The van der Waals surface area contributed by atoms with E-state index in [-0.39, 0.29) is 0 Å². The van der Waals surface area contributed by atoms with Crippen LogP contribution in [0.15, 0.2) is 188 Å². The molecule has 0 aromatic heterocycles. The number of hydrogen-bond acceptors (Lipinski definition) is 1. The quantitative estimate of drug-likeness (QED) is 0.178. The van der Waals surface area contributed by atoms with E-state index in [1.54, 1.807) is 0 Å². The van der Waals surface area contributed by atoms with Crippen LogP contribution >= 0.6 is 0 Å². The van der Waals surface area contributed by atoms with Crippen LogP contribution in [0.4, 0.5) is 17.1 Å². The molecule has 0 unspecified atom stereocenters. The molecule has 0 radical (unpaired) electrons. The molecule has 0 aliphatic rings. The van der Waals surface area contributed by atoms with Crippen molar-refractivity contribution in [1.82, 2.24) is 0 Å². The molecule has 9 aromatic rings. The molecule has 220 valence electrons. The Kier molecular flexibility index (Phi) is 6.54. The average molecular weight is 598 g/mol. The molecular formula is C46H31N. The van der Waals surface area contributed by atoms with Crippen molar-refractivity contribution < 1.29 is 0 Å². The second-order valence-electron chi connectivity index (χ2n) is 12.2. The van der Waals surface area contributed by atoms with Gasteiger partial charge in [-0.25, -0.2) is 0 Å². The van der Waals surface area contributed by atoms with E-state index in [2.05, 4.69) is 193 Å². The van der Waals surface area contributed by atoms with Gasteiger partial charge in [-0.05, 0) is 96.2 Å². The number of hydrogen-bond donors (Lipinski definition) is 0. The Bertz CT molecular complexity index is 2560. The number of anilines is 3. The predicted octanol–water partition coefficient (Wildman–Crippen LogP) is 13.1. The molecule has 0 heterocycles. The van der Waals surface area contributed by atoms with E-state index < -0.39 is 0 Å². The molecule has 0 fully saturated rings. The van der Waals surface area contributed by atoms with E-state index in [0.717, 1.165) is 17.1 Å². The summed E-state index contributed by atoms with van der Waals surface area (Å²) in [4.78, 5) is 2.39. The van der Waals surface area contributed by atoms with Gasteiger partial charge in [-0.2, -0.15) is 0 Å². The predicted molar refractivity (Wildman–Crippen MR) is 202 cm³/mol. The number of rotatable bonds is 5. The van der Waals surface area contributed by atoms with Crippen LogP contribution in [0.5, 0.6) is 0 Å². The molecular weight excluding hydrogens is 567 g/mol. The lowest BCUT2D eigenvalue weighted by Gasteiger charge is -2.28. The van der Waals surface area contributed by atoms with Gasteiger partial charge in [0.2, 0.25) is 0 Å². The summed E-state index contributed by atoms with van der Waals surface area (Å²) in [5.41, 5.74) is 8.22. The van der Waals surface area contributed by atoms with Gasteiger partial charge in [0.05, 0.1) is 5.69 Å². The Balaban J connectivity index is 1.22. The Morgan fingerprint density at radius 3 is 1.70 bits per heavy atom. The van der Waals surface area contributed by atoms with Gasteiger partial charge in [-0.15, -0.1) is 0 Å². The summed E-state index contributed by atoms with van der Waals surface area (Å²) >= 11 is 0. The van der Waals surface area contributed by atoms with E-state index in [4.69, 9.17) is 0 Å². The molecule has 0 saturated heterocycles. The van der Waals surface area contributed by atoms with Crippen LogP contribution < -0.4 is 4.90 Å². The topological polar surface area (TPSA) is 3.24 Å². The van der Waals surface area contributed by atoms with E-state index >= 15 is 0 Å². The van der Waals surface area contributed by atoms with E-state index in [9.17, 15) is 0 Å². The van der Waals surface area contributed by atoms with Gasteiger partial charge in [-0.3, -0.25) is 0 Å². The first-order chi connectivity index (χ1) is 23.3. The average Bonchev–Trinajstić information content (AvgIpc) is 3.15. The SMILES string of the molecule is c1ccc(-c2ccccc2N(c2ccc(-c3cc4ccc5ccccc5c4c4ccccc34)cc2)c2ccc3ccccc3c2)cc1. The summed E-state index contributed by atoms with van der Waals surface area (Å²) in [6.45, 7) is 0. The molecule has 0 aliphatic heterocycles. The lowest BCUT2D eigenvalue weighted by Crippen LogP contribution is -2.11. The molecule has 9 aromatic carbocycles. The maximum Gasteiger partial charge on any atom is 0.0540 e. The maximum atomic E-state index is 2.39. The highest BCUT2D eigenvalue weighted by Crippen LogP contribution is 2.43. The highest BCUT2D eigenvalue weighted by Gasteiger charge is 2.18. The highest BCUT2D eigenvalue weighted by atomic mass is 15.1. The number of nitrogens with zero attached hydrogens (tertiary/aromatic N) is 1. The smallest absolute Gasteiger partial charge is 0.0540 e. The second-order valence-corrected chi connectivity index (χ2v) is 12.2. The third-order valence-electron chi connectivity index (χ3n) is 9.41. The van der Waals surface area contributed by atoms with Gasteiger partial charge in [0.1, 0.15) is 0 Å². The molecule has 1 heteroatoms. The van der Waals surface area contributed by atoms with Gasteiger partial charge in [0.15, 0.2) is 0 Å². The van der Waals surface area contributed by atoms with Crippen LogP contribution in [0.2, 0.25) is 0 Å². The van der Waals surface area contributed by atoms with Crippen molar-refractivity contribution in [2.45, 2.75) is 0 Å². The minimum Gasteiger partial charge on any atom is -0.310 e. The van der Waals surface area contributed by atoms with Crippen LogP contribution in [0.1, 0.15) is 0 Å². The molecule has 0 saturated carbocycles. The van der Waals surface area contributed by atoms with Crippen molar-refractivity contribution >= 4 is 60.2 Å². The van der Waals surface area contributed by atoms with Crippen LogP contribution in [-0.2, 0) is 0 Å². The lowest BCUT2D eigenvalue weighted by molar-refractivity contribution is 1.29. The molecule has 0 aliphatic carbocycles. The molecule has 0 spiro atoms. The summed E-state index contributed by atoms with van der Waals surface area (Å²) in [6, 6.07) is 68.2. The van der Waals surface area contributed by atoms with Crippen molar-refractivity contribution in [3.8, 4) is 22.3 Å². The summed E-state index contributed by atoms with van der Waals surface area (Å²) in [5, 5.41) is 10.2. The fourth-order valence-electron chi connectivity index (χ4n) is 7.18. The van der Waals surface area contributed by atoms with Gasteiger partial charge in [0.25, 0.3) is 0 Å². The number of para-hydroxylation sites is 1. The van der Waals surface area contributed by atoms with Gasteiger partial charge >= 0.3 is 0 Å². The zero-order valence-corrected chi connectivity index (χ0v) is 25.8. The van der Waals surface area contributed by atoms with Gasteiger partial charge < -0.3 is 4.90 Å². The first-order valence-corrected chi connectivity index (χ1v) is 16.2.